The van der Waals surface area contributed by atoms with Crippen molar-refractivity contribution in [2.24, 2.45) is 0 Å². The van der Waals surface area contributed by atoms with Crippen molar-refractivity contribution in [2.45, 2.75) is 0 Å². The van der Waals surface area contributed by atoms with Crippen LogP contribution in [0.1, 0.15) is 0 Å². The molecule has 0 unspecified atom stereocenters. The van der Waals surface area contributed by atoms with Crippen molar-refractivity contribution in [3.05, 3.63) is 20.0 Å². The number of hydrogen-bond acceptors (Lipinski definition) is 0. The fraction of sp³-hybridized carbons (Fsp3) is 0. The number of halogens is 9. The summed E-state index contributed by atoms with van der Waals surface area (Å²) in [5.74, 6) is 0. The molecule has 0 N–H and O–H groups in total. The van der Waals surface area contributed by atoms with Crippen LogP contribution in [0.3, 0.4) is 0 Å². The zero-order valence-corrected chi connectivity index (χ0v) is 9.10. The predicted octanol–water partition coefficient (Wildman–Crippen LogP) is 4.03. The van der Waals surface area contributed by atoms with E-state index in [1.165, 1.54) is 0 Å². The van der Waals surface area contributed by atoms with Crippen LogP contribution in [0.25, 0.3) is 0 Å². The van der Waals surface area contributed by atoms with Crippen molar-refractivity contribution in [1.29, 1.82) is 0 Å². The Labute approximate surface area is 95.1 Å². The van der Waals surface area contributed by atoms with Gasteiger partial charge in [-0.3, -0.25) is 0 Å². The van der Waals surface area contributed by atoms with E-state index in [0.717, 1.165) is 0 Å². The monoisotopic (exact) mass is 346 g/mol. The van der Waals surface area contributed by atoms with E-state index in [4.69, 9.17) is 0 Å². The largest absolute Gasteiger partial charge is 3.00 e. The average molecular weight is 346 g/mol. The SMILES string of the molecule is F[C-](F)F.F[C-](F)F.F[C-](F)F.[La+3]. The molecule has 0 atom stereocenters. The second-order valence-electron chi connectivity index (χ2n) is 0.643. The van der Waals surface area contributed by atoms with E-state index in [9.17, 15) is 39.5 Å². The number of rotatable bonds is 0. The Morgan fingerprint density at radius 1 is 0.385 bits per heavy atom. The first-order valence-electron chi connectivity index (χ1n) is 1.70. The van der Waals surface area contributed by atoms with Gasteiger partial charge in [-0.15, -0.1) is 0 Å². The molecule has 13 heavy (non-hydrogen) atoms. The van der Waals surface area contributed by atoms with Gasteiger partial charge in [-0.05, 0) is 0 Å². The molecule has 10 heteroatoms. The molecule has 0 radical (unpaired) electrons. The normalized spacial score (nSPS) is 8.31. The summed E-state index contributed by atoms with van der Waals surface area (Å²) in [6.45, 7) is -9.25. The maximum Gasteiger partial charge on any atom is 3.00 e. The Kier molecular flexibility index (Phi) is 33.1. The van der Waals surface area contributed by atoms with E-state index in [0.29, 0.717) is 0 Å². The zero-order valence-electron chi connectivity index (χ0n) is 5.48. The van der Waals surface area contributed by atoms with Crippen molar-refractivity contribution in [1.82, 2.24) is 0 Å². The molecule has 0 nitrogen and oxygen atoms in total. The van der Waals surface area contributed by atoms with Crippen molar-refractivity contribution in [3.63, 3.8) is 0 Å². The van der Waals surface area contributed by atoms with Crippen LogP contribution in [0.15, 0.2) is 0 Å². The Hall–Kier alpha value is 0.565. The van der Waals surface area contributed by atoms with E-state index in [2.05, 4.69) is 0 Å². The third-order valence-electron chi connectivity index (χ3n) is 0. The molecule has 0 saturated heterocycles. The molecule has 0 saturated carbocycles. The Bertz CT molecular complexity index is 43.4. The average Bonchev–Trinajstić information content (AvgIpc) is 1.54. The molecule has 0 bridgehead atoms. The Balaban J connectivity index is -0.0000000450. The Morgan fingerprint density at radius 2 is 0.385 bits per heavy atom. The molecule has 0 aliphatic heterocycles. The standard InChI is InChI=1S/3CF3.La/c3*2-1(3)4;/q3*-1;+3. The van der Waals surface area contributed by atoms with Crippen LogP contribution < -0.4 is 0 Å². The molecule has 0 amide bonds. The minimum atomic E-state index is -3.08. The molecule has 0 fully saturated rings. The van der Waals surface area contributed by atoms with Crippen molar-refractivity contribution < 1.29 is 75.1 Å². The van der Waals surface area contributed by atoms with Gasteiger partial charge in [0.1, 0.15) is 0 Å². The van der Waals surface area contributed by atoms with E-state index < -0.39 is 20.0 Å². The van der Waals surface area contributed by atoms with Gasteiger partial charge in [0.25, 0.3) is 0 Å². The summed E-state index contributed by atoms with van der Waals surface area (Å²) in [6.07, 6.45) is 0. The summed E-state index contributed by atoms with van der Waals surface area (Å²) in [5.41, 5.74) is 0. The van der Waals surface area contributed by atoms with Gasteiger partial charge in [0.15, 0.2) is 20.0 Å². The van der Waals surface area contributed by atoms with E-state index >= 15 is 0 Å². The molecule has 78 valence electrons. The van der Waals surface area contributed by atoms with Gasteiger partial charge < -0.3 is 39.5 Å². The van der Waals surface area contributed by atoms with Gasteiger partial charge in [-0.25, -0.2) is 0 Å². The van der Waals surface area contributed by atoms with Crippen LogP contribution in [0.4, 0.5) is 39.5 Å². The number of hydrogen-bond donors (Lipinski definition) is 0. The molecule has 0 aliphatic rings. The molecule has 0 aromatic carbocycles. The van der Waals surface area contributed by atoms with Crippen LogP contribution in [-0.4, -0.2) is 0 Å². The van der Waals surface area contributed by atoms with Gasteiger partial charge in [0, 0.05) is 0 Å². The molecular weight excluding hydrogens is 346 g/mol. The van der Waals surface area contributed by atoms with Gasteiger partial charge in [0.2, 0.25) is 0 Å². The smallest absolute Gasteiger partial charge is 0.385 e. The van der Waals surface area contributed by atoms with Crippen molar-refractivity contribution >= 4 is 0 Å². The first kappa shape index (κ1) is 23.4. The van der Waals surface area contributed by atoms with Gasteiger partial charge in [0.05, 0.1) is 0 Å². The molecule has 0 spiro atoms. The fourth-order valence-electron chi connectivity index (χ4n) is 0. The summed E-state index contributed by atoms with van der Waals surface area (Å²) in [7, 11) is 0. The van der Waals surface area contributed by atoms with Crippen LogP contribution in [0, 0.1) is 55.6 Å². The van der Waals surface area contributed by atoms with Crippen molar-refractivity contribution in [2.75, 3.05) is 0 Å². The summed E-state index contributed by atoms with van der Waals surface area (Å²) >= 11 is 0. The van der Waals surface area contributed by atoms with E-state index in [-0.39, 0.29) is 35.6 Å². The third-order valence-corrected chi connectivity index (χ3v) is 0. The third kappa shape index (κ3) is 4400. The molecular formula is C3F9La. The molecule has 0 aliphatic carbocycles. The van der Waals surface area contributed by atoms with E-state index in [1.54, 1.807) is 0 Å². The molecule has 0 rings (SSSR count). The van der Waals surface area contributed by atoms with Crippen LogP contribution in [-0.2, 0) is 0 Å². The zero-order chi connectivity index (χ0) is 10.7. The van der Waals surface area contributed by atoms with Crippen LogP contribution in [0.5, 0.6) is 0 Å². The Morgan fingerprint density at radius 3 is 0.385 bits per heavy atom. The minimum Gasteiger partial charge on any atom is -0.385 e. The summed E-state index contributed by atoms with van der Waals surface area (Å²) in [5, 5.41) is 0. The first-order valence-corrected chi connectivity index (χ1v) is 1.70. The molecule has 0 aromatic rings. The quantitative estimate of drug-likeness (QED) is 0.459. The maximum atomic E-state index is 9.58. The van der Waals surface area contributed by atoms with Crippen LogP contribution >= 0.6 is 0 Å². The second-order valence-corrected chi connectivity index (χ2v) is 0.643. The topological polar surface area (TPSA) is 0 Å². The van der Waals surface area contributed by atoms with Crippen LogP contribution in [0.2, 0.25) is 0 Å². The summed E-state index contributed by atoms with van der Waals surface area (Å²) in [4.78, 5) is 0. The van der Waals surface area contributed by atoms with Gasteiger partial charge in [-0.1, -0.05) is 0 Å². The van der Waals surface area contributed by atoms with Gasteiger partial charge in [-0.2, -0.15) is 0 Å². The van der Waals surface area contributed by atoms with Gasteiger partial charge >= 0.3 is 35.6 Å². The summed E-state index contributed by atoms with van der Waals surface area (Å²) < 4.78 is 86.2. The first-order chi connectivity index (χ1) is 5.20. The van der Waals surface area contributed by atoms with E-state index in [1.807, 2.05) is 0 Å². The molecule has 0 aromatic heterocycles. The van der Waals surface area contributed by atoms with Crippen molar-refractivity contribution in [3.8, 4) is 0 Å². The molecule has 0 heterocycles. The maximum absolute atomic E-state index is 9.58. The minimum absolute atomic E-state index is 0. The fourth-order valence-corrected chi connectivity index (χ4v) is 0. The second kappa shape index (κ2) is 18.4. The predicted molar refractivity (Wildman–Crippen MR) is 19.7 cm³/mol. The summed E-state index contributed by atoms with van der Waals surface area (Å²) in [6, 6.07) is 0.